The predicted octanol–water partition coefficient (Wildman–Crippen LogP) is 5.69. The van der Waals surface area contributed by atoms with Crippen LogP contribution < -0.4 is 4.90 Å². The first-order chi connectivity index (χ1) is 14.6. The van der Waals surface area contributed by atoms with Gasteiger partial charge in [-0.05, 0) is 59.2 Å². The maximum atomic E-state index is 13.7. The van der Waals surface area contributed by atoms with Crippen molar-refractivity contribution in [3.63, 3.8) is 0 Å². The maximum Gasteiger partial charge on any atom is 0.260 e. The normalized spacial score (nSPS) is 14.1. The van der Waals surface area contributed by atoms with Crippen molar-refractivity contribution in [3.05, 3.63) is 125 Å². The predicted molar refractivity (Wildman–Crippen MR) is 123 cm³/mol. The Morgan fingerprint density at radius 2 is 1.10 bits per heavy atom. The van der Waals surface area contributed by atoms with Crippen molar-refractivity contribution in [1.82, 2.24) is 0 Å². The van der Waals surface area contributed by atoms with Gasteiger partial charge in [-0.2, -0.15) is 0 Å². The summed E-state index contributed by atoms with van der Waals surface area (Å²) in [6.45, 7) is 0. The van der Waals surface area contributed by atoms with Crippen LogP contribution in [0.15, 0.2) is 103 Å². The van der Waals surface area contributed by atoms with E-state index in [1.807, 2.05) is 78.9 Å². The van der Waals surface area contributed by atoms with E-state index in [-0.39, 0.29) is 24.8 Å². The number of anilines is 1. The number of hydrogen-bond donors (Lipinski definition) is 2. The Bertz CT molecular complexity index is 1170. The van der Waals surface area contributed by atoms with Crippen LogP contribution in [0.1, 0.15) is 34.5 Å². The van der Waals surface area contributed by atoms with E-state index >= 15 is 0 Å². The molecule has 0 aromatic heterocycles. The zero-order valence-electron chi connectivity index (χ0n) is 16.1. The van der Waals surface area contributed by atoms with Crippen molar-refractivity contribution in [1.29, 1.82) is 0 Å². The van der Waals surface area contributed by atoms with Crippen molar-refractivity contribution < 1.29 is 15.0 Å². The number of aromatic hydroxyl groups is 2. The topological polar surface area (TPSA) is 60.8 Å². The highest BCUT2D eigenvalue weighted by atomic mass is 16.3. The van der Waals surface area contributed by atoms with Gasteiger partial charge in [0.2, 0.25) is 0 Å². The maximum absolute atomic E-state index is 13.7. The zero-order valence-corrected chi connectivity index (χ0v) is 16.1. The summed E-state index contributed by atoms with van der Waals surface area (Å²) in [4.78, 5) is 15.5. The summed E-state index contributed by atoms with van der Waals surface area (Å²) in [6, 6.07) is 31.1. The molecule has 4 heteroatoms. The standard InChI is InChI=1S/C26H19NO3.CH4/c28-21-14-10-18(11-15-21)26(19-12-16-22(29)17-13-19)24-9-5-4-8-23(24)25(30)27(26)20-6-2-1-3-7-20;/h1-17,28-29H;1H4. The third-order valence-electron chi connectivity index (χ3n) is 5.67. The highest BCUT2D eigenvalue weighted by molar-refractivity contribution is 6.13. The van der Waals surface area contributed by atoms with Gasteiger partial charge < -0.3 is 10.2 Å². The Balaban J connectivity index is 0.00000231. The van der Waals surface area contributed by atoms with Crippen molar-refractivity contribution >= 4 is 11.6 Å². The summed E-state index contributed by atoms with van der Waals surface area (Å²) in [5, 5.41) is 19.8. The van der Waals surface area contributed by atoms with Gasteiger partial charge in [-0.1, -0.05) is 68.1 Å². The third kappa shape index (κ3) is 2.96. The van der Waals surface area contributed by atoms with Gasteiger partial charge >= 0.3 is 0 Å². The first-order valence-corrected chi connectivity index (χ1v) is 9.70. The van der Waals surface area contributed by atoms with Gasteiger partial charge in [-0.25, -0.2) is 0 Å². The van der Waals surface area contributed by atoms with E-state index in [9.17, 15) is 15.0 Å². The number of nitrogens with zero attached hydrogens (tertiary/aromatic N) is 1. The van der Waals surface area contributed by atoms with Gasteiger partial charge in [-0.3, -0.25) is 9.69 Å². The molecule has 0 saturated heterocycles. The number of amides is 1. The van der Waals surface area contributed by atoms with Crippen LogP contribution in [0.25, 0.3) is 0 Å². The molecule has 0 saturated carbocycles. The Labute approximate surface area is 181 Å². The highest BCUT2D eigenvalue weighted by Crippen LogP contribution is 2.51. The molecule has 1 aliphatic rings. The van der Waals surface area contributed by atoms with Gasteiger partial charge in [0.05, 0.1) is 0 Å². The van der Waals surface area contributed by atoms with Crippen molar-refractivity contribution in [2.24, 2.45) is 0 Å². The summed E-state index contributed by atoms with van der Waals surface area (Å²) in [7, 11) is 0. The van der Waals surface area contributed by atoms with Crippen LogP contribution in [0.3, 0.4) is 0 Å². The van der Waals surface area contributed by atoms with E-state index in [0.717, 1.165) is 22.4 Å². The summed E-state index contributed by atoms with van der Waals surface area (Å²) >= 11 is 0. The molecule has 1 amide bonds. The summed E-state index contributed by atoms with van der Waals surface area (Å²) in [5.74, 6) is 0.213. The van der Waals surface area contributed by atoms with E-state index in [2.05, 4.69) is 0 Å². The molecule has 0 unspecified atom stereocenters. The van der Waals surface area contributed by atoms with Crippen molar-refractivity contribution in [2.45, 2.75) is 13.0 Å². The van der Waals surface area contributed by atoms with E-state index in [4.69, 9.17) is 0 Å². The molecule has 4 aromatic carbocycles. The lowest BCUT2D eigenvalue weighted by atomic mass is 9.76. The number of fused-ring (bicyclic) bond motifs is 1. The molecule has 154 valence electrons. The molecule has 0 fully saturated rings. The van der Waals surface area contributed by atoms with Crippen LogP contribution in [0.5, 0.6) is 11.5 Å². The molecular formula is C27H23NO3. The molecule has 0 bridgehead atoms. The second kappa shape index (κ2) is 7.65. The number of benzene rings is 4. The largest absolute Gasteiger partial charge is 0.508 e. The number of carbonyl (C=O) groups excluding carboxylic acids is 1. The van der Waals surface area contributed by atoms with Crippen LogP contribution in [-0.4, -0.2) is 16.1 Å². The molecule has 31 heavy (non-hydrogen) atoms. The molecule has 1 aliphatic heterocycles. The fourth-order valence-corrected chi connectivity index (χ4v) is 4.41. The molecular weight excluding hydrogens is 386 g/mol. The first-order valence-electron chi connectivity index (χ1n) is 9.70. The fraction of sp³-hybridized carbons (Fsp3) is 0.0741. The molecule has 4 nitrogen and oxygen atoms in total. The van der Waals surface area contributed by atoms with Gasteiger partial charge in [0.25, 0.3) is 5.91 Å². The molecule has 5 rings (SSSR count). The lowest BCUT2D eigenvalue weighted by Crippen LogP contribution is -2.46. The molecule has 0 atom stereocenters. The second-order valence-electron chi connectivity index (χ2n) is 7.33. The van der Waals surface area contributed by atoms with Crippen LogP contribution >= 0.6 is 0 Å². The van der Waals surface area contributed by atoms with E-state index in [1.54, 1.807) is 29.2 Å². The SMILES string of the molecule is C.O=C1c2ccccc2C(c2ccc(O)cc2)(c2ccc(O)cc2)N1c1ccccc1. The lowest BCUT2D eigenvalue weighted by molar-refractivity contribution is 0.0986. The van der Waals surface area contributed by atoms with E-state index < -0.39 is 5.54 Å². The summed E-state index contributed by atoms with van der Waals surface area (Å²) < 4.78 is 0. The zero-order chi connectivity index (χ0) is 20.7. The van der Waals surface area contributed by atoms with E-state index in [1.165, 1.54) is 0 Å². The number of para-hydroxylation sites is 1. The molecule has 0 spiro atoms. The Hall–Kier alpha value is -4.05. The summed E-state index contributed by atoms with van der Waals surface area (Å²) in [5.41, 5.74) is 2.98. The number of hydrogen-bond acceptors (Lipinski definition) is 3. The minimum absolute atomic E-state index is 0. The average Bonchev–Trinajstić information content (AvgIpc) is 3.05. The quantitative estimate of drug-likeness (QED) is 0.457. The highest BCUT2D eigenvalue weighted by Gasteiger charge is 2.52. The van der Waals surface area contributed by atoms with Crippen molar-refractivity contribution in [3.8, 4) is 11.5 Å². The Morgan fingerprint density at radius 3 is 1.65 bits per heavy atom. The van der Waals surface area contributed by atoms with Crippen LogP contribution in [0.4, 0.5) is 5.69 Å². The number of rotatable bonds is 3. The molecule has 0 aliphatic carbocycles. The fourth-order valence-electron chi connectivity index (χ4n) is 4.41. The minimum Gasteiger partial charge on any atom is -0.508 e. The van der Waals surface area contributed by atoms with E-state index in [0.29, 0.717) is 5.56 Å². The molecule has 1 heterocycles. The smallest absolute Gasteiger partial charge is 0.260 e. The number of carbonyl (C=O) groups is 1. The summed E-state index contributed by atoms with van der Waals surface area (Å²) in [6.07, 6.45) is 0. The molecule has 2 N–H and O–H groups in total. The van der Waals surface area contributed by atoms with Crippen LogP contribution in [0, 0.1) is 0 Å². The second-order valence-corrected chi connectivity index (χ2v) is 7.33. The average molecular weight is 409 g/mol. The Kier molecular flexibility index (Phi) is 4.99. The van der Waals surface area contributed by atoms with Crippen LogP contribution in [0.2, 0.25) is 0 Å². The first kappa shape index (κ1) is 20.2. The van der Waals surface area contributed by atoms with Crippen molar-refractivity contribution in [2.75, 3.05) is 4.90 Å². The number of phenolic OH excluding ortho intramolecular Hbond substituents is 2. The Morgan fingerprint density at radius 1 is 0.613 bits per heavy atom. The number of phenols is 2. The minimum atomic E-state index is -0.948. The monoisotopic (exact) mass is 409 g/mol. The molecule has 0 radical (unpaired) electrons. The van der Waals surface area contributed by atoms with Gasteiger partial charge in [0.15, 0.2) is 0 Å². The van der Waals surface area contributed by atoms with Gasteiger partial charge in [0.1, 0.15) is 17.0 Å². The van der Waals surface area contributed by atoms with Gasteiger partial charge in [-0.15, -0.1) is 0 Å². The molecule has 4 aromatic rings. The van der Waals surface area contributed by atoms with Crippen LogP contribution in [-0.2, 0) is 5.54 Å². The lowest BCUT2D eigenvalue weighted by Gasteiger charge is -2.40. The third-order valence-corrected chi connectivity index (χ3v) is 5.67. The van der Waals surface area contributed by atoms with Gasteiger partial charge in [0, 0.05) is 11.3 Å².